The maximum atomic E-state index is 5.83. The van der Waals surface area contributed by atoms with Crippen LogP contribution in [0.4, 0.5) is 17.1 Å². The van der Waals surface area contributed by atoms with Gasteiger partial charge in [-0.15, -0.1) is 11.3 Å². The van der Waals surface area contributed by atoms with Gasteiger partial charge in [0, 0.05) is 63.4 Å². The zero-order valence-electron chi connectivity index (χ0n) is 52.6. The first-order chi connectivity index (χ1) is 44.6. The summed E-state index contributed by atoms with van der Waals surface area (Å²) >= 11 is 42.4. The molecule has 12 nitrogen and oxygen atoms in total. The van der Waals surface area contributed by atoms with Crippen molar-refractivity contribution in [3.8, 4) is 28.7 Å². The number of aryl methyl sites for hydroxylation is 4. The van der Waals surface area contributed by atoms with Gasteiger partial charge in [-0.1, -0.05) is 87.3 Å². The van der Waals surface area contributed by atoms with E-state index in [4.69, 9.17) is 114 Å². The third kappa shape index (κ3) is 20.8. The van der Waals surface area contributed by atoms with Crippen molar-refractivity contribution in [1.82, 2.24) is 9.97 Å². The molecule has 0 bridgehead atoms. The summed E-state index contributed by atoms with van der Waals surface area (Å²) in [5.41, 5.74) is 9.02. The standard InChI is InChI=1S/C10H8ClN.C10H10O2.3C9H10ClNO.C9H9ClO.C9H7ClO.C8H6ClNS/c1-7-2-3-8-6-9(11)4-5-10(8)12-7;1-7-5-8-6-9(11-2)3-4-10(8)12-7;3*1-6-5-11-8-4-7(10)2-3-9(8)12-6;2*1-6-4-7-5-8(10)2-3-9(7)11-6;1-5-10-7-4-6(9)2-3-8(7)11-5/h2-6H,1H3;3-6H,1-2H3;3*2-4,6,11H,5H2,1H3;2-3,5-6H,4H2,1H3;2-5H,1H3;2-4H,1H3/t;;2*6-;;;;/m..10..../s1. The van der Waals surface area contributed by atoms with Crippen LogP contribution in [0.15, 0.2) is 179 Å². The predicted octanol–water partition coefficient (Wildman–Crippen LogP) is 22.9. The van der Waals surface area contributed by atoms with Gasteiger partial charge in [0.15, 0.2) is 0 Å². The molecule has 12 aromatic rings. The number of fused-ring (bicyclic) bond motifs is 8. The first kappa shape index (κ1) is 69.9. The minimum Gasteiger partial charge on any atom is -0.497 e. The summed E-state index contributed by atoms with van der Waals surface area (Å²) in [4.78, 5) is 8.67. The van der Waals surface area contributed by atoms with Crippen molar-refractivity contribution in [1.29, 1.82) is 0 Å². The van der Waals surface area contributed by atoms with Gasteiger partial charge >= 0.3 is 0 Å². The number of hydrogen-bond acceptors (Lipinski definition) is 13. The topological polar surface area (TPSA) is 134 Å². The molecule has 4 aromatic heterocycles. The highest BCUT2D eigenvalue weighted by Crippen LogP contribution is 2.35. The lowest BCUT2D eigenvalue weighted by Gasteiger charge is -2.24. The van der Waals surface area contributed by atoms with Gasteiger partial charge < -0.3 is 48.5 Å². The molecule has 0 amide bonds. The highest BCUT2D eigenvalue weighted by Gasteiger charge is 2.19. The minimum absolute atomic E-state index is 0.235. The molecule has 0 saturated carbocycles. The number of anilines is 3. The van der Waals surface area contributed by atoms with E-state index in [1.807, 2.05) is 218 Å². The lowest BCUT2D eigenvalue weighted by Crippen LogP contribution is -2.27. The number of pyridine rings is 1. The van der Waals surface area contributed by atoms with Gasteiger partial charge in [-0.3, -0.25) is 4.98 Å². The lowest BCUT2D eigenvalue weighted by atomic mass is 10.1. The van der Waals surface area contributed by atoms with Gasteiger partial charge in [0.2, 0.25) is 0 Å². The summed E-state index contributed by atoms with van der Waals surface area (Å²) in [6.07, 6.45) is 2.00. The van der Waals surface area contributed by atoms with Crippen LogP contribution in [0.25, 0.3) is 43.1 Å². The van der Waals surface area contributed by atoms with Crippen LogP contribution in [-0.2, 0) is 6.42 Å². The molecule has 4 aliphatic heterocycles. The number of nitrogens with zero attached hydrogens (tertiary/aromatic N) is 2. The molecule has 0 aliphatic carbocycles. The predicted molar refractivity (Wildman–Crippen MR) is 390 cm³/mol. The molecule has 8 heterocycles. The molecule has 0 spiro atoms. The Balaban J connectivity index is 0.000000125. The van der Waals surface area contributed by atoms with Crippen molar-refractivity contribution in [2.45, 2.75) is 86.2 Å². The highest BCUT2D eigenvalue weighted by molar-refractivity contribution is 7.18. The molecule has 484 valence electrons. The fourth-order valence-corrected chi connectivity index (χ4v) is 11.8. The molecule has 0 radical (unpaired) electrons. The number of hydrogen-bond donors (Lipinski definition) is 3. The Kier molecular flexibility index (Phi) is 24.9. The van der Waals surface area contributed by atoms with Gasteiger partial charge in [0.25, 0.3) is 0 Å². The monoisotopic (exact) mass is 1410 g/mol. The van der Waals surface area contributed by atoms with Crippen molar-refractivity contribution in [2.24, 2.45) is 0 Å². The van der Waals surface area contributed by atoms with Crippen LogP contribution in [0.5, 0.6) is 28.7 Å². The Morgan fingerprint density at radius 3 is 1.38 bits per heavy atom. The average Bonchev–Trinajstić information content (AvgIpc) is 2.03. The number of furan rings is 2. The average molecular weight is 1410 g/mol. The second-order valence-electron chi connectivity index (χ2n) is 22.2. The number of aromatic nitrogens is 2. The third-order valence-electron chi connectivity index (χ3n) is 14.1. The van der Waals surface area contributed by atoms with E-state index in [0.717, 1.165) is 168 Å². The third-order valence-corrected chi connectivity index (χ3v) is 16.7. The van der Waals surface area contributed by atoms with Crippen LogP contribution in [-0.4, -0.2) is 61.1 Å². The van der Waals surface area contributed by atoms with Gasteiger partial charge in [0.1, 0.15) is 75.8 Å². The first-order valence-corrected chi connectivity index (χ1v) is 33.4. The summed E-state index contributed by atoms with van der Waals surface area (Å²) in [6, 6.07) is 53.4. The van der Waals surface area contributed by atoms with Crippen molar-refractivity contribution in [2.75, 3.05) is 42.7 Å². The fraction of sp³-hybridized carbons (Fsp3) is 0.233. The molecule has 4 aliphatic rings. The molecular formula is C73H70Cl7N5O7S. The normalized spacial score (nSPS) is 15.7. The van der Waals surface area contributed by atoms with Crippen molar-refractivity contribution in [3.05, 3.63) is 233 Å². The van der Waals surface area contributed by atoms with E-state index in [1.165, 1.54) is 10.3 Å². The Labute approximate surface area is 581 Å². The Hall–Kier alpha value is -7.43. The van der Waals surface area contributed by atoms with Gasteiger partial charge in [-0.2, -0.15) is 0 Å². The number of methoxy groups -OCH3 is 1. The molecule has 93 heavy (non-hydrogen) atoms. The second-order valence-corrected chi connectivity index (χ2v) is 26.5. The van der Waals surface area contributed by atoms with Gasteiger partial charge in [-0.25, -0.2) is 4.98 Å². The number of halogens is 7. The number of thiazole rings is 1. The Morgan fingerprint density at radius 1 is 0.409 bits per heavy atom. The SMILES string of the molecule is CC1CNc2cc(Cl)ccc2O1.CC1Cc2cc(Cl)ccc2O1.COc1ccc2oc(C)cc2c1.C[C@@H]1CNc2cc(Cl)ccc2O1.C[C@H]1CNc2cc(Cl)ccc2O1.Cc1cc2cc(Cl)ccc2o1.Cc1ccc2cc(Cl)ccc2n1.Cc1nc2cc(Cl)ccc2s1. The summed E-state index contributed by atoms with van der Waals surface area (Å²) in [7, 11) is 1.66. The van der Waals surface area contributed by atoms with E-state index in [-0.39, 0.29) is 18.3 Å². The molecule has 16 rings (SSSR count). The number of nitrogens with one attached hydrogen (secondary N) is 3. The molecule has 2 unspecified atom stereocenters. The molecule has 0 fully saturated rings. The van der Waals surface area contributed by atoms with Crippen molar-refractivity contribution < 1.29 is 32.5 Å². The van der Waals surface area contributed by atoms with Crippen LogP contribution in [0.2, 0.25) is 35.2 Å². The van der Waals surface area contributed by atoms with Gasteiger partial charge in [-0.05, 0) is 225 Å². The van der Waals surface area contributed by atoms with Crippen molar-refractivity contribution in [3.63, 3.8) is 0 Å². The van der Waals surface area contributed by atoms with Crippen LogP contribution in [0, 0.1) is 27.7 Å². The molecule has 8 aromatic carbocycles. The molecular weight excluding hydrogens is 1340 g/mol. The lowest BCUT2D eigenvalue weighted by molar-refractivity contribution is 0.226. The van der Waals surface area contributed by atoms with E-state index < -0.39 is 0 Å². The molecule has 0 saturated heterocycles. The first-order valence-electron chi connectivity index (χ1n) is 29.9. The van der Waals surface area contributed by atoms with Crippen LogP contribution in [0.3, 0.4) is 0 Å². The summed E-state index contributed by atoms with van der Waals surface area (Å²) in [5.74, 6) is 6.36. The second kappa shape index (κ2) is 33.1. The van der Waals surface area contributed by atoms with Crippen LogP contribution < -0.4 is 39.6 Å². The zero-order chi connectivity index (χ0) is 66.3. The van der Waals surface area contributed by atoms with E-state index in [9.17, 15) is 0 Å². The quantitative estimate of drug-likeness (QED) is 0.144. The fourth-order valence-electron chi connectivity index (χ4n) is 9.80. The highest BCUT2D eigenvalue weighted by atomic mass is 35.5. The Bertz CT molecular complexity index is 4220. The van der Waals surface area contributed by atoms with Gasteiger partial charge in [0.05, 0.1) is 64.5 Å². The molecule has 20 heteroatoms. The van der Waals surface area contributed by atoms with Crippen LogP contribution in [0.1, 0.15) is 55.5 Å². The molecule has 4 atom stereocenters. The molecule has 3 N–H and O–H groups in total. The van der Waals surface area contributed by atoms with E-state index in [2.05, 4.69) is 32.8 Å². The summed E-state index contributed by atoms with van der Waals surface area (Å²) in [5, 5.41) is 19.3. The Morgan fingerprint density at radius 2 is 0.839 bits per heavy atom. The smallest absolute Gasteiger partial charge is 0.142 e. The van der Waals surface area contributed by atoms with E-state index >= 15 is 0 Å². The maximum absolute atomic E-state index is 5.83. The van der Waals surface area contributed by atoms with E-state index in [0.29, 0.717) is 6.10 Å². The largest absolute Gasteiger partial charge is 0.497 e. The number of benzene rings is 8. The van der Waals surface area contributed by atoms with Crippen LogP contribution >= 0.6 is 92.5 Å². The summed E-state index contributed by atoms with van der Waals surface area (Å²) < 4.78 is 39.3. The summed E-state index contributed by atoms with van der Waals surface area (Å²) in [6.45, 7) is 18.5. The van der Waals surface area contributed by atoms with E-state index in [1.54, 1.807) is 18.4 Å². The maximum Gasteiger partial charge on any atom is 0.142 e. The number of rotatable bonds is 1. The van der Waals surface area contributed by atoms with Crippen molar-refractivity contribution >= 4 is 153 Å². The minimum atomic E-state index is 0.235. The zero-order valence-corrected chi connectivity index (χ0v) is 58.7. The number of ether oxygens (including phenoxy) is 5.